The summed E-state index contributed by atoms with van der Waals surface area (Å²) >= 11 is 0. The van der Waals surface area contributed by atoms with Crippen molar-refractivity contribution in [3.05, 3.63) is 53.5 Å². The van der Waals surface area contributed by atoms with Gasteiger partial charge < -0.3 is 0 Å². The quantitative estimate of drug-likeness (QED) is 0.650. The summed E-state index contributed by atoms with van der Waals surface area (Å²) in [5, 5.41) is 0. The summed E-state index contributed by atoms with van der Waals surface area (Å²) in [7, 11) is 0. The number of hydrogen-bond acceptors (Lipinski definition) is 2. The summed E-state index contributed by atoms with van der Waals surface area (Å²) in [6, 6.07) is 10.5. The van der Waals surface area contributed by atoms with Crippen LogP contribution in [0.3, 0.4) is 0 Å². The topological polar surface area (TPSA) is 30.2 Å². The molecule has 18 heavy (non-hydrogen) atoms. The Morgan fingerprint density at radius 1 is 0.944 bits per heavy atom. The van der Waals surface area contributed by atoms with Crippen molar-refractivity contribution in [3.63, 3.8) is 0 Å². The fourth-order valence-corrected chi connectivity index (χ4v) is 2.13. The molecule has 0 atom stereocenters. The number of aryl methyl sites for hydroxylation is 3. The molecule has 0 fully saturated rings. The Kier molecular flexibility index (Phi) is 2.40. The van der Waals surface area contributed by atoms with Crippen molar-refractivity contribution < 1.29 is 0 Å². The maximum absolute atomic E-state index is 4.59. The smallest absolute Gasteiger partial charge is 0.234 e. The molecule has 0 saturated heterocycles. The van der Waals surface area contributed by atoms with Crippen LogP contribution < -0.4 is 0 Å². The highest BCUT2D eigenvalue weighted by Crippen LogP contribution is 2.20. The van der Waals surface area contributed by atoms with Crippen LogP contribution in [-0.2, 0) is 0 Å². The molecule has 3 nitrogen and oxygen atoms in total. The summed E-state index contributed by atoms with van der Waals surface area (Å²) < 4.78 is 2.03. The van der Waals surface area contributed by atoms with Gasteiger partial charge in [0.25, 0.3) is 0 Å². The predicted molar refractivity (Wildman–Crippen MR) is 72.6 cm³/mol. The number of aromatic nitrogens is 3. The van der Waals surface area contributed by atoms with E-state index in [1.165, 1.54) is 5.56 Å². The third-order valence-electron chi connectivity index (χ3n) is 3.11. The van der Waals surface area contributed by atoms with Crippen LogP contribution in [0, 0.1) is 20.8 Å². The van der Waals surface area contributed by atoms with E-state index in [0.29, 0.717) is 0 Å². The standard InChI is InChI=1S/C15H15N3/c1-10-4-6-13(7-5-10)14-9-18-12(3)8-11(2)16-15(18)17-14/h4-9H,1-3H3. The molecule has 0 N–H and O–H groups in total. The lowest BCUT2D eigenvalue weighted by Gasteiger charge is -1.99. The van der Waals surface area contributed by atoms with E-state index in [1.807, 2.05) is 17.5 Å². The van der Waals surface area contributed by atoms with Gasteiger partial charge in [-0.3, -0.25) is 4.40 Å². The third-order valence-corrected chi connectivity index (χ3v) is 3.11. The van der Waals surface area contributed by atoms with Gasteiger partial charge in [-0.1, -0.05) is 29.8 Å². The second-order valence-electron chi connectivity index (χ2n) is 4.70. The van der Waals surface area contributed by atoms with Crippen molar-refractivity contribution in [3.8, 4) is 11.3 Å². The molecule has 0 amide bonds. The maximum atomic E-state index is 4.59. The van der Waals surface area contributed by atoms with Crippen molar-refractivity contribution in [1.29, 1.82) is 0 Å². The van der Waals surface area contributed by atoms with Gasteiger partial charge in [-0.25, -0.2) is 9.97 Å². The molecule has 2 heterocycles. The fourth-order valence-electron chi connectivity index (χ4n) is 2.13. The minimum atomic E-state index is 0.767. The van der Waals surface area contributed by atoms with Crippen LogP contribution in [0.5, 0.6) is 0 Å². The minimum Gasteiger partial charge on any atom is -0.288 e. The van der Waals surface area contributed by atoms with E-state index in [-0.39, 0.29) is 0 Å². The molecule has 3 rings (SSSR count). The Labute approximate surface area is 106 Å². The number of rotatable bonds is 1. The van der Waals surface area contributed by atoms with Crippen LogP contribution in [0.4, 0.5) is 0 Å². The van der Waals surface area contributed by atoms with Gasteiger partial charge in [0.2, 0.25) is 5.78 Å². The average molecular weight is 237 g/mol. The first-order valence-electron chi connectivity index (χ1n) is 6.04. The molecule has 2 aromatic heterocycles. The molecule has 0 bridgehead atoms. The van der Waals surface area contributed by atoms with E-state index in [2.05, 4.69) is 54.1 Å². The highest BCUT2D eigenvalue weighted by Gasteiger charge is 2.07. The summed E-state index contributed by atoms with van der Waals surface area (Å²) in [6.45, 7) is 6.15. The zero-order chi connectivity index (χ0) is 12.7. The van der Waals surface area contributed by atoms with E-state index in [4.69, 9.17) is 0 Å². The first-order valence-corrected chi connectivity index (χ1v) is 6.04. The van der Waals surface area contributed by atoms with Crippen LogP contribution in [0.2, 0.25) is 0 Å². The summed E-state index contributed by atoms with van der Waals surface area (Å²) in [6.07, 6.45) is 2.04. The Balaban J connectivity index is 2.19. The van der Waals surface area contributed by atoms with Crippen molar-refractivity contribution in [2.24, 2.45) is 0 Å². The second kappa shape index (κ2) is 3.95. The van der Waals surface area contributed by atoms with Crippen LogP contribution in [-0.4, -0.2) is 14.4 Å². The summed E-state index contributed by atoms with van der Waals surface area (Å²) in [5.74, 6) is 0.767. The number of fused-ring (bicyclic) bond motifs is 1. The van der Waals surface area contributed by atoms with Gasteiger partial charge in [-0.15, -0.1) is 0 Å². The largest absolute Gasteiger partial charge is 0.288 e. The molecular weight excluding hydrogens is 222 g/mol. The number of nitrogens with zero attached hydrogens (tertiary/aromatic N) is 3. The number of hydrogen-bond donors (Lipinski definition) is 0. The van der Waals surface area contributed by atoms with E-state index < -0.39 is 0 Å². The SMILES string of the molecule is Cc1ccc(-c2cn3c(C)cc(C)nc3n2)cc1. The van der Waals surface area contributed by atoms with Crippen LogP contribution in [0.25, 0.3) is 17.0 Å². The van der Waals surface area contributed by atoms with Crippen LogP contribution >= 0.6 is 0 Å². The Hall–Kier alpha value is -2.16. The Morgan fingerprint density at radius 3 is 2.39 bits per heavy atom. The molecule has 0 aliphatic rings. The number of imidazole rings is 1. The fraction of sp³-hybridized carbons (Fsp3) is 0.200. The molecule has 0 unspecified atom stereocenters. The van der Waals surface area contributed by atoms with Gasteiger partial charge in [-0.05, 0) is 26.8 Å². The number of benzene rings is 1. The van der Waals surface area contributed by atoms with E-state index in [9.17, 15) is 0 Å². The summed E-state index contributed by atoms with van der Waals surface area (Å²) in [4.78, 5) is 9.04. The molecule has 0 spiro atoms. The molecule has 90 valence electrons. The van der Waals surface area contributed by atoms with E-state index in [0.717, 1.165) is 28.4 Å². The van der Waals surface area contributed by atoms with Crippen molar-refractivity contribution in [2.75, 3.05) is 0 Å². The van der Waals surface area contributed by atoms with Gasteiger partial charge in [0, 0.05) is 23.1 Å². The predicted octanol–water partition coefficient (Wildman–Crippen LogP) is 3.32. The average Bonchev–Trinajstić information content (AvgIpc) is 2.74. The van der Waals surface area contributed by atoms with Gasteiger partial charge in [-0.2, -0.15) is 0 Å². The normalized spacial score (nSPS) is 11.1. The molecular formula is C15H15N3. The molecule has 3 heteroatoms. The van der Waals surface area contributed by atoms with Crippen molar-refractivity contribution in [1.82, 2.24) is 14.4 Å². The first-order chi connectivity index (χ1) is 8.63. The van der Waals surface area contributed by atoms with Gasteiger partial charge in [0.15, 0.2) is 0 Å². The molecule has 0 aliphatic heterocycles. The maximum Gasteiger partial charge on any atom is 0.234 e. The lowest BCUT2D eigenvalue weighted by Crippen LogP contribution is -1.94. The Bertz CT molecular complexity index is 708. The molecule has 0 radical (unpaired) electrons. The zero-order valence-corrected chi connectivity index (χ0v) is 10.8. The molecule has 0 aliphatic carbocycles. The second-order valence-corrected chi connectivity index (χ2v) is 4.70. The van der Waals surface area contributed by atoms with Crippen LogP contribution in [0.15, 0.2) is 36.5 Å². The monoisotopic (exact) mass is 237 g/mol. The molecule has 3 aromatic rings. The zero-order valence-electron chi connectivity index (χ0n) is 10.8. The first kappa shape index (κ1) is 11.0. The highest BCUT2D eigenvalue weighted by molar-refractivity contribution is 5.61. The lowest BCUT2D eigenvalue weighted by molar-refractivity contribution is 1.01. The van der Waals surface area contributed by atoms with Gasteiger partial charge in [0.1, 0.15) is 0 Å². The molecule has 0 saturated carbocycles. The van der Waals surface area contributed by atoms with Gasteiger partial charge >= 0.3 is 0 Å². The summed E-state index contributed by atoms with van der Waals surface area (Å²) in [5.41, 5.74) is 5.51. The molecule has 1 aromatic carbocycles. The van der Waals surface area contributed by atoms with Crippen LogP contribution in [0.1, 0.15) is 17.0 Å². The van der Waals surface area contributed by atoms with Crippen molar-refractivity contribution in [2.45, 2.75) is 20.8 Å². The van der Waals surface area contributed by atoms with Gasteiger partial charge in [0.05, 0.1) is 5.69 Å². The highest BCUT2D eigenvalue weighted by atomic mass is 15.1. The lowest BCUT2D eigenvalue weighted by atomic mass is 10.1. The third kappa shape index (κ3) is 1.78. The minimum absolute atomic E-state index is 0.767. The van der Waals surface area contributed by atoms with Crippen molar-refractivity contribution >= 4 is 5.78 Å². The van der Waals surface area contributed by atoms with E-state index in [1.54, 1.807) is 0 Å². The Morgan fingerprint density at radius 2 is 1.67 bits per heavy atom. The van der Waals surface area contributed by atoms with E-state index >= 15 is 0 Å².